The molecule has 3 aromatic rings. The number of carbonyl (C=O) groups is 1. The van der Waals surface area contributed by atoms with Gasteiger partial charge in [-0.05, 0) is 86.0 Å². The van der Waals surface area contributed by atoms with Crippen molar-refractivity contribution in [2.75, 3.05) is 5.32 Å². The van der Waals surface area contributed by atoms with Crippen molar-refractivity contribution in [1.29, 1.82) is 10.5 Å². The molecule has 3 rings (SSSR count). The van der Waals surface area contributed by atoms with Gasteiger partial charge in [-0.2, -0.15) is 10.5 Å². The van der Waals surface area contributed by atoms with Crippen LogP contribution in [0.5, 0.6) is 11.5 Å². The molecule has 6 nitrogen and oxygen atoms in total. The quantitative estimate of drug-likeness (QED) is 0.224. The Bertz CT molecular complexity index is 1250. The van der Waals surface area contributed by atoms with Crippen LogP contribution in [0.4, 0.5) is 5.69 Å². The number of phenolic OH excluding ortho intramolecular Hbond substituents is 1. The van der Waals surface area contributed by atoms with Crippen molar-refractivity contribution < 1.29 is 14.6 Å². The first-order valence-corrected chi connectivity index (χ1v) is 10.8. The largest absolute Gasteiger partial charge is 0.508 e. The van der Waals surface area contributed by atoms with Crippen molar-refractivity contribution in [3.63, 3.8) is 0 Å². The molecule has 2 N–H and O–H groups in total. The van der Waals surface area contributed by atoms with Crippen molar-refractivity contribution >= 4 is 49.5 Å². The first kappa shape index (κ1) is 23.1. The molecule has 3 aromatic carbocycles. The van der Waals surface area contributed by atoms with Gasteiger partial charge in [-0.3, -0.25) is 4.79 Å². The third-order valence-corrected chi connectivity index (χ3v) is 5.51. The van der Waals surface area contributed by atoms with Crippen LogP contribution in [0.15, 0.2) is 75.2 Å². The highest BCUT2D eigenvalue weighted by Gasteiger charge is 2.13. The van der Waals surface area contributed by atoms with Crippen LogP contribution in [0.2, 0.25) is 0 Å². The molecule has 1 amide bonds. The van der Waals surface area contributed by atoms with Gasteiger partial charge in [-0.1, -0.05) is 18.2 Å². The molecule has 0 atom stereocenters. The lowest BCUT2D eigenvalue weighted by Crippen LogP contribution is -2.13. The predicted octanol–water partition coefficient (Wildman–Crippen LogP) is 5.91. The zero-order valence-corrected chi connectivity index (χ0v) is 19.6. The summed E-state index contributed by atoms with van der Waals surface area (Å²) in [5.41, 5.74) is 2.27. The van der Waals surface area contributed by atoms with Crippen LogP contribution < -0.4 is 10.1 Å². The third-order valence-electron chi connectivity index (χ3n) is 4.33. The highest BCUT2D eigenvalue weighted by Crippen LogP contribution is 2.36. The Morgan fingerprint density at radius 3 is 2.34 bits per heavy atom. The minimum Gasteiger partial charge on any atom is -0.508 e. The molecule has 0 spiro atoms. The van der Waals surface area contributed by atoms with Gasteiger partial charge in [0.05, 0.1) is 20.6 Å². The summed E-state index contributed by atoms with van der Waals surface area (Å²) < 4.78 is 7.12. The Morgan fingerprint density at radius 1 is 1.06 bits per heavy atom. The smallest absolute Gasteiger partial charge is 0.266 e. The molecule has 0 fully saturated rings. The number of hydrogen-bond donors (Lipinski definition) is 2. The maximum atomic E-state index is 12.5. The average molecular weight is 553 g/mol. The van der Waals surface area contributed by atoms with Gasteiger partial charge in [0.25, 0.3) is 5.91 Å². The van der Waals surface area contributed by atoms with E-state index in [-0.39, 0.29) is 17.9 Å². The average Bonchev–Trinajstić information content (AvgIpc) is 2.78. The van der Waals surface area contributed by atoms with E-state index in [1.165, 1.54) is 30.3 Å². The monoisotopic (exact) mass is 551 g/mol. The van der Waals surface area contributed by atoms with E-state index < -0.39 is 5.91 Å². The number of nitrogens with zero attached hydrogens (tertiary/aromatic N) is 2. The SMILES string of the molecule is N#C/C(=C\c1cc(Br)c(OCc2ccccc2C#N)c(Br)c1)C(=O)Nc1ccc(O)cc1. The number of rotatable bonds is 6. The predicted molar refractivity (Wildman–Crippen MR) is 128 cm³/mol. The number of aromatic hydroxyl groups is 1. The Balaban J connectivity index is 1.78. The number of ether oxygens (including phenoxy) is 1. The van der Waals surface area contributed by atoms with Crippen molar-refractivity contribution in [1.82, 2.24) is 0 Å². The standard InChI is InChI=1S/C24H15Br2N3O3/c25-21-10-15(9-18(13-28)24(31)29-19-5-7-20(30)8-6-19)11-22(26)23(21)32-14-17-4-2-1-3-16(17)12-27/h1-11,30H,14H2,(H,29,31)/b18-9+. The van der Waals surface area contributed by atoms with E-state index >= 15 is 0 Å². The second kappa shape index (κ2) is 10.6. The summed E-state index contributed by atoms with van der Waals surface area (Å²) in [4.78, 5) is 12.5. The van der Waals surface area contributed by atoms with Crippen LogP contribution in [0.1, 0.15) is 16.7 Å². The molecule has 0 unspecified atom stereocenters. The topological polar surface area (TPSA) is 106 Å². The van der Waals surface area contributed by atoms with Crippen molar-refractivity contribution in [2.45, 2.75) is 6.61 Å². The van der Waals surface area contributed by atoms with E-state index in [4.69, 9.17) is 4.74 Å². The summed E-state index contributed by atoms with van der Waals surface area (Å²) in [6, 6.07) is 20.6. The summed E-state index contributed by atoms with van der Waals surface area (Å²) in [7, 11) is 0. The van der Waals surface area contributed by atoms with Gasteiger partial charge < -0.3 is 15.2 Å². The van der Waals surface area contributed by atoms with Gasteiger partial charge in [-0.15, -0.1) is 0 Å². The lowest BCUT2D eigenvalue weighted by Gasteiger charge is -2.12. The molecule has 0 aliphatic rings. The normalized spacial score (nSPS) is 10.7. The number of benzene rings is 3. The fourth-order valence-electron chi connectivity index (χ4n) is 2.76. The van der Waals surface area contributed by atoms with Gasteiger partial charge in [0, 0.05) is 11.3 Å². The van der Waals surface area contributed by atoms with Crippen LogP contribution in [0, 0.1) is 22.7 Å². The second-order valence-corrected chi connectivity index (χ2v) is 8.25. The summed E-state index contributed by atoms with van der Waals surface area (Å²) in [5.74, 6) is 0.0352. The lowest BCUT2D eigenvalue weighted by atomic mass is 10.1. The van der Waals surface area contributed by atoms with E-state index in [1.807, 2.05) is 18.2 Å². The molecule has 0 saturated heterocycles. The van der Waals surface area contributed by atoms with Crippen LogP contribution in [-0.2, 0) is 11.4 Å². The minimum atomic E-state index is -0.570. The molecule has 0 radical (unpaired) electrons. The summed E-state index contributed by atoms with van der Waals surface area (Å²) in [5, 5.41) is 30.6. The first-order valence-electron chi connectivity index (χ1n) is 9.23. The van der Waals surface area contributed by atoms with Crippen molar-refractivity contribution in [3.8, 4) is 23.6 Å². The second-order valence-electron chi connectivity index (χ2n) is 6.54. The van der Waals surface area contributed by atoms with Gasteiger partial charge in [0.2, 0.25) is 0 Å². The maximum Gasteiger partial charge on any atom is 0.266 e. The summed E-state index contributed by atoms with van der Waals surface area (Å²) in [6.45, 7) is 0.203. The van der Waals surface area contributed by atoms with Crippen LogP contribution in [0.3, 0.4) is 0 Å². The fraction of sp³-hybridized carbons (Fsp3) is 0.0417. The molecular weight excluding hydrogens is 538 g/mol. The molecule has 158 valence electrons. The van der Waals surface area contributed by atoms with Crippen LogP contribution in [0.25, 0.3) is 6.08 Å². The van der Waals surface area contributed by atoms with Crippen LogP contribution in [-0.4, -0.2) is 11.0 Å². The third kappa shape index (κ3) is 5.76. The minimum absolute atomic E-state index is 0.0761. The molecule has 0 bridgehead atoms. The number of nitriles is 2. The zero-order chi connectivity index (χ0) is 23.1. The van der Waals surface area contributed by atoms with E-state index in [0.717, 1.165) is 5.56 Å². The Kier molecular flexibility index (Phi) is 7.67. The summed E-state index contributed by atoms with van der Waals surface area (Å²) in [6.07, 6.45) is 1.46. The summed E-state index contributed by atoms with van der Waals surface area (Å²) >= 11 is 6.92. The molecule has 0 aliphatic carbocycles. The zero-order valence-electron chi connectivity index (χ0n) is 16.5. The number of nitrogens with one attached hydrogen (secondary N) is 1. The van der Waals surface area contributed by atoms with Gasteiger partial charge in [0.1, 0.15) is 29.7 Å². The van der Waals surface area contributed by atoms with Crippen LogP contribution >= 0.6 is 31.9 Å². The van der Waals surface area contributed by atoms with Gasteiger partial charge >= 0.3 is 0 Å². The van der Waals surface area contributed by atoms with Crippen molar-refractivity contribution in [3.05, 3.63) is 91.9 Å². The molecule has 0 heterocycles. The highest BCUT2D eigenvalue weighted by molar-refractivity contribution is 9.11. The molecule has 0 saturated carbocycles. The first-order chi connectivity index (χ1) is 15.4. The molecule has 0 aliphatic heterocycles. The van der Waals surface area contributed by atoms with Gasteiger partial charge in [0.15, 0.2) is 0 Å². The fourth-order valence-corrected chi connectivity index (χ4v) is 4.22. The Hall–Kier alpha value is -3.59. The highest BCUT2D eigenvalue weighted by atomic mass is 79.9. The number of carbonyl (C=O) groups excluding carboxylic acids is 1. The molecule has 32 heavy (non-hydrogen) atoms. The number of halogens is 2. The number of phenols is 1. The number of anilines is 1. The Morgan fingerprint density at radius 2 is 1.72 bits per heavy atom. The van der Waals surface area contributed by atoms with Gasteiger partial charge in [-0.25, -0.2) is 0 Å². The maximum absolute atomic E-state index is 12.5. The molecule has 0 aromatic heterocycles. The van der Waals surface area contributed by atoms with E-state index in [1.54, 1.807) is 24.3 Å². The van der Waals surface area contributed by atoms with Crippen molar-refractivity contribution in [2.24, 2.45) is 0 Å². The van der Waals surface area contributed by atoms with E-state index in [9.17, 15) is 20.4 Å². The lowest BCUT2D eigenvalue weighted by molar-refractivity contribution is -0.112. The van der Waals surface area contributed by atoms with E-state index in [0.29, 0.717) is 31.5 Å². The molecular formula is C24H15Br2N3O3. The Labute approximate surface area is 201 Å². The molecule has 8 heteroatoms. The van der Waals surface area contributed by atoms with E-state index in [2.05, 4.69) is 43.2 Å². The number of hydrogen-bond acceptors (Lipinski definition) is 5. The number of amides is 1.